The van der Waals surface area contributed by atoms with Crippen LogP contribution in [0.1, 0.15) is 21.6 Å². The molecule has 176 valence electrons. The second kappa shape index (κ2) is 10.0. The molecule has 6 nitrogen and oxygen atoms in total. The van der Waals surface area contributed by atoms with Gasteiger partial charge in [-0.2, -0.15) is 18.3 Å². The van der Waals surface area contributed by atoms with Crippen LogP contribution < -0.4 is 4.74 Å². The van der Waals surface area contributed by atoms with E-state index in [0.29, 0.717) is 12.1 Å². The lowest BCUT2D eigenvalue weighted by atomic mass is 10.2. The van der Waals surface area contributed by atoms with Gasteiger partial charge in [0.2, 0.25) is 0 Å². The van der Waals surface area contributed by atoms with E-state index >= 15 is 0 Å². The highest BCUT2D eigenvalue weighted by Crippen LogP contribution is 2.31. The maximum atomic E-state index is 14.2. The first-order valence-corrected chi connectivity index (χ1v) is 10.1. The number of halogens is 4. The topological polar surface area (TPSA) is 50.6 Å². The summed E-state index contributed by atoms with van der Waals surface area (Å²) in [5.74, 6) is -0.870. The highest BCUT2D eigenvalue weighted by molar-refractivity contribution is 5.95. The summed E-state index contributed by atoms with van der Waals surface area (Å²) in [4.78, 5) is 16.7. The molecule has 0 aliphatic heterocycles. The van der Waals surface area contributed by atoms with Crippen molar-refractivity contribution in [3.8, 4) is 11.4 Å². The third-order valence-corrected chi connectivity index (χ3v) is 4.96. The lowest BCUT2D eigenvalue weighted by Crippen LogP contribution is -2.37. The van der Waals surface area contributed by atoms with Crippen LogP contribution in [0.25, 0.3) is 5.69 Å². The van der Waals surface area contributed by atoms with Crippen molar-refractivity contribution >= 4 is 5.91 Å². The molecule has 3 aromatic rings. The Morgan fingerprint density at radius 3 is 2.45 bits per heavy atom. The molecule has 0 N–H and O–H groups in total. The summed E-state index contributed by atoms with van der Waals surface area (Å²) in [5.41, 5.74) is -0.462. The molecule has 0 aliphatic carbocycles. The van der Waals surface area contributed by atoms with Gasteiger partial charge in [-0.3, -0.25) is 4.79 Å². The average Bonchev–Trinajstić information content (AvgIpc) is 3.21. The average molecular weight is 464 g/mol. The molecule has 0 spiro atoms. The van der Waals surface area contributed by atoms with Gasteiger partial charge in [-0.15, -0.1) is 0 Å². The minimum Gasteiger partial charge on any atom is -0.493 e. The molecule has 0 fully saturated rings. The molecule has 0 atom stereocenters. The van der Waals surface area contributed by atoms with Gasteiger partial charge in [-0.25, -0.2) is 9.07 Å². The summed E-state index contributed by atoms with van der Waals surface area (Å²) >= 11 is 0. The van der Waals surface area contributed by atoms with Gasteiger partial charge in [0.25, 0.3) is 5.91 Å². The van der Waals surface area contributed by atoms with E-state index in [9.17, 15) is 22.4 Å². The molecule has 0 bridgehead atoms. The van der Waals surface area contributed by atoms with Crippen molar-refractivity contribution in [1.82, 2.24) is 19.6 Å². The van der Waals surface area contributed by atoms with E-state index in [1.165, 1.54) is 36.4 Å². The smallest absolute Gasteiger partial charge is 0.416 e. The summed E-state index contributed by atoms with van der Waals surface area (Å²) in [5, 5.41) is 4.21. The number of rotatable bonds is 8. The van der Waals surface area contributed by atoms with E-state index in [4.69, 9.17) is 4.74 Å². The third-order valence-electron chi connectivity index (χ3n) is 4.96. The third kappa shape index (κ3) is 5.89. The van der Waals surface area contributed by atoms with Gasteiger partial charge in [-0.05, 0) is 38.4 Å². The van der Waals surface area contributed by atoms with Crippen LogP contribution >= 0.6 is 0 Å². The number of hydrogen-bond acceptors (Lipinski definition) is 4. The SMILES string of the molecule is COc1cn(-c2cccc(C(F)(F)F)c2)nc1C(=O)N(CCN(C)C)Cc1ccccc1F. The molecule has 2 aromatic carbocycles. The number of benzene rings is 2. The second-order valence-corrected chi connectivity index (χ2v) is 7.66. The number of alkyl halides is 3. The van der Waals surface area contributed by atoms with Gasteiger partial charge in [0.15, 0.2) is 11.4 Å². The monoisotopic (exact) mass is 464 g/mol. The molecule has 0 unspecified atom stereocenters. The number of carbonyl (C=O) groups is 1. The lowest BCUT2D eigenvalue weighted by molar-refractivity contribution is -0.137. The van der Waals surface area contributed by atoms with Crippen LogP contribution in [0.3, 0.4) is 0 Å². The van der Waals surface area contributed by atoms with Crippen LogP contribution in [0.2, 0.25) is 0 Å². The molecule has 3 rings (SSSR count). The Hall–Kier alpha value is -3.40. The van der Waals surface area contributed by atoms with E-state index in [1.54, 1.807) is 18.2 Å². The fraction of sp³-hybridized carbons (Fsp3) is 0.304. The predicted molar refractivity (Wildman–Crippen MR) is 115 cm³/mol. The highest BCUT2D eigenvalue weighted by atomic mass is 19.4. The number of methoxy groups -OCH3 is 1. The van der Waals surface area contributed by atoms with Crippen LogP contribution in [-0.4, -0.2) is 59.8 Å². The fourth-order valence-electron chi connectivity index (χ4n) is 3.17. The van der Waals surface area contributed by atoms with Gasteiger partial charge >= 0.3 is 6.18 Å². The van der Waals surface area contributed by atoms with Crippen molar-refractivity contribution in [1.29, 1.82) is 0 Å². The molecule has 0 aliphatic rings. The maximum absolute atomic E-state index is 14.2. The number of ether oxygens (including phenoxy) is 1. The van der Waals surface area contributed by atoms with Crippen molar-refractivity contribution in [3.63, 3.8) is 0 Å². The normalized spacial score (nSPS) is 11.6. The summed E-state index contributed by atoms with van der Waals surface area (Å²) in [6, 6.07) is 10.7. The van der Waals surface area contributed by atoms with Crippen molar-refractivity contribution in [2.75, 3.05) is 34.3 Å². The molecule has 1 amide bonds. The van der Waals surface area contributed by atoms with Crippen molar-refractivity contribution in [2.24, 2.45) is 0 Å². The zero-order valence-corrected chi connectivity index (χ0v) is 18.4. The van der Waals surface area contributed by atoms with Gasteiger partial charge in [0.05, 0.1) is 24.6 Å². The quantitative estimate of drug-likeness (QED) is 0.468. The molecular weight excluding hydrogens is 440 g/mol. The van der Waals surface area contributed by atoms with Crippen LogP contribution in [0.4, 0.5) is 17.6 Å². The molecule has 1 aromatic heterocycles. The first kappa shape index (κ1) is 24.2. The summed E-state index contributed by atoms with van der Waals surface area (Å²) < 4.78 is 60.0. The lowest BCUT2D eigenvalue weighted by Gasteiger charge is -2.24. The molecule has 0 radical (unpaired) electrons. The van der Waals surface area contributed by atoms with E-state index < -0.39 is 23.5 Å². The Bertz CT molecular complexity index is 1110. The van der Waals surface area contributed by atoms with Gasteiger partial charge < -0.3 is 14.5 Å². The minimum absolute atomic E-state index is 0.00107. The van der Waals surface area contributed by atoms with Gasteiger partial charge in [0.1, 0.15) is 5.82 Å². The van der Waals surface area contributed by atoms with Crippen LogP contribution in [-0.2, 0) is 12.7 Å². The van der Waals surface area contributed by atoms with E-state index in [1.807, 2.05) is 19.0 Å². The summed E-state index contributed by atoms with van der Waals surface area (Å²) in [6.07, 6.45) is -3.18. The first-order valence-electron chi connectivity index (χ1n) is 10.1. The standard InChI is InChI=1S/C23H24F4N4O2/c1-29(2)11-12-30(14-16-7-4-5-10-19(16)24)22(32)21-20(33-3)15-31(28-21)18-9-6-8-17(13-18)23(25,26)27/h4-10,13,15H,11-12,14H2,1-3H3. The first-order chi connectivity index (χ1) is 15.6. The molecular formula is C23H24F4N4O2. The fourth-order valence-corrected chi connectivity index (χ4v) is 3.17. The molecule has 33 heavy (non-hydrogen) atoms. The molecule has 1 heterocycles. The number of amides is 1. The predicted octanol–water partition coefficient (Wildman–Crippen LogP) is 4.24. The Kier molecular flexibility index (Phi) is 7.37. The Labute approximate surface area is 189 Å². The summed E-state index contributed by atoms with van der Waals surface area (Å²) in [7, 11) is 5.02. The molecule has 0 saturated carbocycles. The van der Waals surface area contributed by atoms with E-state index in [0.717, 1.165) is 16.8 Å². The van der Waals surface area contributed by atoms with E-state index in [-0.39, 0.29) is 30.2 Å². The largest absolute Gasteiger partial charge is 0.493 e. The van der Waals surface area contributed by atoms with Crippen molar-refractivity contribution in [3.05, 3.63) is 77.4 Å². The van der Waals surface area contributed by atoms with Crippen molar-refractivity contribution < 1.29 is 27.1 Å². The Morgan fingerprint density at radius 2 is 1.82 bits per heavy atom. The van der Waals surface area contributed by atoms with Crippen molar-refractivity contribution in [2.45, 2.75) is 12.7 Å². The maximum Gasteiger partial charge on any atom is 0.416 e. The number of carbonyl (C=O) groups excluding carboxylic acids is 1. The van der Waals surface area contributed by atoms with Crippen LogP contribution in [0, 0.1) is 5.82 Å². The Balaban J connectivity index is 1.96. The minimum atomic E-state index is -4.52. The van der Waals surface area contributed by atoms with Gasteiger partial charge in [0, 0.05) is 25.2 Å². The molecule has 10 heteroatoms. The number of likely N-dealkylation sites (N-methyl/N-ethyl adjacent to an activating group) is 1. The van der Waals surface area contributed by atoms with Crippen LogP contribution in [0.15, 0.2) is 54.7 Å². The number of hydrogen-bond donors (Lipinski definition) is 0. The highest BCUT2D eigenvalue weighted by Gasteiger charge is 2.31. The number of aromatic nitrogens is 2. The van der Waals surface area contributed by atoms with E-state index in [2.05, 4.69) is 5.10 Å². The van der Waals surface area contributed by atoms with Crippen LogP contribution in [0.5, 0.6) is 5.75 Å². The molecule has 0 saturated heterocycles. The number of nitrogens with zero attached hydrogens (tertiary/aromatic N) is 4. The summed E-state index contributed by atoms with van der Waals surface area (Å²) in [6.45, 7) is 0.787. The zero-order chi connectivity index (χ0) is 24.2. The van der Waals surface area contributed by atoms with Gasteiger partial charge in [-0.1, -0.05) is 24.3 Å². The Morgan fingerprint density at radius 1 is 1.09 bits per heavy atom. The second-order valence-electron chi connectivity index (χ2n) is 7.66. The zero-order valence-electron chi connectivity index (χ0n) is 18.4.